The van der Waals surface area contributed by atoms with E-state index in [0.717, 1.165) is 5.56 Å². The molecule has 1 heterocycles. The highest BCUT2D eigenvalue weighted by molar-refractivity contribution is 5.97. The lowest BCUT2D eigenvalue weighted by atomic mass is 10.1. The molecule has 6 heteroatoms. The summed E-state index contributed by atoms with van der Waals surface area (Å²) in [5.41, 5.74) is 7.50. The van der Waals surface area contributed by atoms with Crippen molar-refractivity contribution in [1.82, 2.24) is 10.3 Å². The number of carbonyl (C=O) groups excluding carboxylic acids is 1. The second-order valence-corrected chi connectivity index (χ2v) is 4.35. The summed E-state index contributed by atoms with van der Waals surface area (Å²) >= 11 is 0. The second kappa shape index (κ2) is 6.60. The van der Waals surface area contributed by atoms with Gasteiger partial charge in [-0.1, -0.05) is 0 Å². The van der Waals surface area contributed by atoms with Crippen LogP contribution in [0.4, 0.5) is 5.69 Å². The molecule has 1 amide bonds. The standard InChI is InChI=1S/C15H17N3O3/c1-20-13-4-3-11(16)8-12(13)15(19)18-9-10-5-6-17-14(7-10)21-2/h3-8H,9,16H2,1-2H3,(H,18,19). The number of ether oxygens (including phenoxy) is 2. The molecule has 0 saturated heterocycles. The lowest BCUT2D eigenvalue weighted by molar-refractivity contribution is 0.0948. The fraction of sp³-hybridized carbons (Fsp3) is 0.200. The molecule has 0 atom stereocenters. The van der Waals surface area contributed by atoms with E-state index in [2.05, 4.69) is 10.3 Å². The van der Waals surface area contributed by atoms with Gasteiger partial charge in [-0.05, 0) is 29.8 Å². The summed E-state index contributed by atoms with van der Waals surface area (Å²) in [6.45, 7) is 0.357. The van der Waals surface area contributed by atoms with Crippen molar-refractivity contribution in [2.75, 3.05) is 20.0 Å². The fourth-order valence-corrected chi connectivity index (χ4v) is 1.85. The van der Waals surface area contributed by atoms with Crippen molar-refractivity contribution in [2.45, 2.75) is 6.54 Å². The molecule has 1 aromatic heterocycles. The number of carbonyl (C=O) groups is 1. The molecule has 0 aliphatic rings. The SMILES string of the molecule is COc1cc(CNC(=O)c2cc(N)ccc2OC)ccn1. The number of nitrogens with one attached hydrogen (secondary N) is 1. The maximum atomic E-state index is 12.2. The van der Waals surface area contributed by atoms with Gasteiger partial charge >= 0.3 is 0 Å². The van der Waals surface area contributed by atoms with E-state index in [1.807, 2.05) is 0 Å². The molecule has 0 fully saturated rings. The summed E-state index contributed by atoms with van der Waals surface area (Å²) in [7, 11) is 3.05. The molecule has 0 bridgehead atoms. The summed E-state index contributed by atoms with van der Waals surface area (Å²) in [6, 6.07) is 8.50. The molecule has 0 aliphatic heterocycles. The molecule has 3 N–H and O–H groups in total. The number of hydrogen-bond donors (Lipinski definition) is 2. The molecule has 2 rings (SSSR count). The Bertz CT molecular complexity index is 644. The van der Waals surface area contributed by atoms with E-state index in [-0.39, 0.29) is 5.91 Å². The number of nitrogens with zero attached hydrogens (tertiary/aromatic N) is 1. The lowest BCUT2D eigenvalue weighted by Crippen LogP contribution is -2.23. The van der Waals surface area contributed by atoms with Gasteiger partial charge < -0.3 is 20.5 Å². The predicted molar refractivity (Wildman–Crippen MR) is 79.4 cm³/mol. The molecule has 0 unspecified atom stereocenters. The van der Waals surface area contributed by atoms with Crippen LogP contribution in [-0.2, 0) is 6.54 Å². The van der Waals surface area contributed by atoms with Crippen LogP contribution in [0.15, 0.2) is 36.5 Å². The molecular weight excluding hydrogens is 270 g/mol. The van der Waals surface area contributed by atoms with Gasteiger partial charge in [-0.3, -0.25) is 4.79 Å². The molecule has 0 aliphatic carbocycles. The van der Waals surface area contributed by atoms with Gasteiger partial charge in [0.25, 0.3) is 5.91 Å². The van der Waals surface area contributed by atoms with Crippen LogP contribution in [0.25, 0.3) is 0 Å². The number of rotatable bonds is 5. The summed E-state index contributed by atoms with van der Waals surface area (Å²) in [6.07, 6.45) is 1.63. The Hall–Kier alpha value is -2.76. The van der Waals surface area contributed by atoms with E-state index in [1.54, 1.807) is 43.6 Å². The Morgan fingerprint density at radius 3 is 2.76 bits per heavy atom. The van der Waals surface area contributed by atoms with Crippen molar-refractivity contribution in [1.29, 1.82) is 0 Å². The zero-order chi connectivity index (χ0) is 15.2. The van der Waals surface area contributed by atoms with Gasteiger partial charge in [0.15, 0.2) is 0 Å². The molecule has 1 aromatic carbocycles. The monoisotopic (exact) mass is 287 g/mol. The average molecular weight is 287 g/mol. The first-order valence-electron chi connectivity index (χ1n) is 6.34. The van der Waals surface area contributed by atoms with E-state index in [0.29, 0.717) is 29.4 Å². The minimum absolute atomic E-state index is 0.255. The van der Waals surface area contributed by atoms with Crippen LogP contribution in [-0.4, -0.2) is 25.1 Å². The average Bonchev–Trinajstić information content (AvgIpc) is 2.52. The highest BCUT2D eigenvalue weighted by Gasteiger charge is 2.12. The van der Waals surface area contributed by atoms with Crippen LogP contribution < -0.4 is 20.5 Å². The maximum Gasteiger partial charge on any atom is 0.255 e. The number of hydrogen-bond acceptors (Lipinski definition) is 5. The van der Waals surface area contributed by atoms with Gasteiger partial charge in [-0.25, -0.2) is 4.98 Å². The summed E-state index contributed by atoms with van der Waals surface area (Å²) in [5, 5.41) is 2.81. The Balaban J connectivity index is 2.09. The zero-order valence-electron chi connectivity index (χ0n) is 11.9. The Morgan fingerprint density at radius 2 is 2.05 bits per heavy atom. The summed E-state index contributed by atoms with van der Waals surface area (Å²) in [5.74, 6) is 0.729. The van der Waals surface area contributed by atoms with Crippen LogP contribution in [0, 0.1) is 0 Å². The second-order valence-electron chi connectivity index (χ2n) is 4.35. The van der Waals surface area contributed by atoms with Crippen molar-refractivity contribution >= 4 is 11.6 Å². The smallest absolute Gasteiger partial charge is 0.255 e. The fourth-order valence-electron chi connectivity index (χ4n) is 1.85. The van der Waals surface area contributed by atoms with Crippen molar-refractivity contribution in [3.05, 3.63) is 47.7 Å². The topological polar surface area (TPSA) is 86.5 Å². The van der Waals surface area contributed by atoms with Gasteiger partial charge in [0, 0.05) is 24.5 Å². The first kappa shape index (κ1) is 14.6. The first-order valence-corrected chi connectivity index (χ1v) is 6.34. The molecule has 2 aromatic rings. The number of anilines is 1. The van der Waals surface area contributed by atoms with E-state index in [4.69, 9.17) is 15.2 Å². The summed E-state index contributed by atoms with van der Waals surface area (Å²) in [4.78, 5) is 16.2. The molecule has 0 radical (unpaired) electrons. The lowest BCUT2D eigenvalue weighted by Gasteiger charge is -2.10. The van der Waals surface area contributed by atoms with Crippen LogP contribution in [0.3, 0.4) is 0 Å². The number of aromatic nitrogens is 1. The molecular formula is C15H17N3O3. The van der Waals surface area contributed by atoms with E-state index < -0.39 is 0 Å². The normalized spacial score (nSPS) is 10.0. The van der Waals surface area contributed by atoms with Crippen molar-refractivity contribution < 1.29 is 14.3 Å². The van der Waals surface area contributed by atoms with E-state index in [9.17, 15) is 4.79 Å². The number of nitrogens with two attached hydrogens (primary N) is 1. The van der Waals surface area contributed by atoms with Crippen LogP contribution in [0.5, 0.6) is 11.6 Å². The molecule has 0 spiro atoms. The van der Waals surface area contributed by atoms with Gasteiger partial charge in [-0.2, -0.15) is 0 Å². The third-order valence-corrected chi connectivity index (χ3v) is 2.93. The Morgan fingerprint density at radius 1 is 1.24 bits per heavy atom. The van der Waals surface area contributed by atoms with E-state index >= 15 is 0 Å². The molecule has 0 saturated carbocycles. The molecule has 110 valence electrons. The highest BCUT2D eigenvalue weighted by Crippen LogP contribution is 2.21. The Labute approximate surface area is 122 Å². The predicted octanol–water partition coefficient (Wildman–Crippen LogP) is 1.61. The first-order chi connectivity index (χ1) is 10.1. The third-order valence-electron chi connectivity index (χ3n) is 2.93. The third kappa shape index (κ3) is 3.62. The van der Waals surface area contributed by atoms with Crippen LogP contribution >= 0.6 is 0 Å². The quantitative estimate of drug-likeness (QED) is 0.816. The van der Waals surface area contributed by atoms with Crippen molar-refractivity contribution in [3.63, 3.8) is 0 Å². The maximum absolute atomic E-state index is 12.2. The van der Waals surface area contributed by atoms with Gasteiger partial charge in [0.1, 0.15) is 5.75 Å². The zero-order valence-corrected chi connectivity index (χ0v) is 11.9. The van der Waals surface area contributed by atoms with Crippen LogP contribution in [0.1, 0.15) is 15.9 Å². The molecule has 21 heavy (non-hydrogen) atoms. The highest BCUT2D eigenvalue weighted by atomic mass is 16.5. The van der Waals surface area contributed by atoms with Crippen molar-refractivity contribution in [3.8, 4) is 11.6 Å². The van der Waals surface area contributed by atoms with Gasteiger partial charge in [0.05, 0.1) is 19.8 Å². The van der Waals surface area contributed by atoms with Gasteiger partial charge in [0.2, 0.25) is 5.88 Å². The number of amides is 1. The largest absolute Gasteiger partial charge is 0.496 e. The minimum atomic E-state index is -0.255. The minimum Gasteiger partial charge on any atom is -0.496 e. The van der Waals surface area contributed by atoms with Crippen molar-refractivity contribution in [2.24, 2.45) is 0 Å². The Kier molecular flexibility index (Phi) is 4.61. The van der Waals surface area contributed by atoms with Crippen LogP contribution in [0.2, 0.25) is 0 Å². The van der Waals surface area contributed by atoms with E-state index in [1.165, 1.54) is 7.11 Å². The number of methoxy groups -OCH3 is 2. The number of benzene rings is 1. The number of nitrogen functional groups attached to an aromatic ring is 1. The number of pyridine rings is 1. The molecule has 6 nitrogen and oxygen atoms in total. The van der Waals surface area contributed by atoms with Gasteiger partial charge in [-0.15, -0.1) is 0 Å². The summed E-state index contributed by atoms with van der Waals surface area (Å²) < 4.78 is 10.2.